The molecule has 0 aliphatic carbocycles. The average Bonchev–Trinajstić information content (AvgIpc) is 3.40. The van der Waals surface area contributed by atoms with Crippen molar-refractivity contribution in [2.24, 2.45) is 0 Å². The number of nitrogens with one attached hydrogen (secondary N) is 2. The summed E-state index contributed by atoms with van der Waals surface area (Å²) in [6, 6.07) is 20.2. The lowest BCUT2D eigenvalue weighted by Crippen LogP contribution is -2.44. The van der Waals surface area contributed by atoms with Crippen molar-refractivity contribution < 1.29 is 42.5 Å². The zero-order valence-corrected chi connectivity index (χ0v) is 21.1. The first-order chi connectivity index (χ1) is 18.8. The number of fused-ring (bicyclic) bond motifs is 2. The molecule has 0 bridgehead atoms. The maximum atomic E-state index is 13.4. The minimum atomic E-state index is -5.08. The molecule has 40 heavy (non-hydrogen) atoms. The fourth-order valence-corrected chi connectivity index (χ4v) is 4.34. The van der Waals surface area contributed by atoms with E-state index in [2.05, 4.69) is 20.0 Å². The van der Waals surface area contributed by atoms with Gasteiger partial charge in [-0.1, -0.05) is 54.1 Å². The van der Waals surface area contributed by atoms with Gasteiger partial charge in [-0.15, -0.1) is 0 Å². The summed E-state index contributed by atoms with van der Waals surface area (Å²) in [6.45, 7) is 2.23. The van der Waals surface area contributed by atoms with Crippen LogP contribution >= 0.6 is 0 Å². The Kier molecular flexibility index (Phi) is 7.51. The van der Waals surface area contributed by atoms with Gasteiger partial charge in [0, 0.05) is 23.2 Å². The van der Waals surface area contributed by atoms with Crippen molar-refractivity contribution in [3.8, 4) is 0 Å². The number of nitrogens with zero attached hydrogens (tertiary/aromatic N) is 2. The number of aliphatic hydroxyl groups is 1. The molecule has 4 aromatic rings. The van der Waals surface area contributed by atoms with Crippen LogP contribution in [0.25, 0.3) is 11.0 Å². The zero-order chi connectivity index (χ0) is 29.2. The van der Waals surface area contributed by atoms with E-state index in [9.17, 15) is 27.9 Å². The van der Waals surface area contributed by atoms with Gasteiger partial charge in [-0.3, -0.25) is 15.0 Å². The van der Waals surface area contributed by atoms with Crippen LogP contribution in [-0.2, 0) is 21.8 Å². The minimum Gasteiger partial charge on any atom is -0.475 e. The summed E-state index contributed by atoms with van der Waals surface area (Å²) in [6.07, 6.45) is -5.73. The van der Waals surface area contributed by atoms with E-state index in [1.54, 1.807) is 42.5 Å². The van der Waals surface area contributed by atoms with E-state index in [4.69, 9.17) is 9.90 Å². The molecule has 1 aromatic heterocycles. The fourth-order valence-electron chi connectivity index (χ4n) is 4.34. The zero-order valence-electron chi connectivity index (χ0n) is 21.1. The third kappa shape index (κ3) is 5.45. The molecule has 1 aliphatic rings. The number of carboxylic acids is 1. The number of carboxylic acid groups (broad SMARTS) is 1. The number of H-pyrrole nitrogens is 1. The van der Waals surface area contributed by atoms with Crippen molar-refractivity contribution in [1.82, 2.24) is 14.9 Å². The summed E-state index contributed by atoms with van der Waals surface area (Å²) < 4.78 is 36.3. The van der Waals surface area contributed by atoms with E-state index >= 15 is 0 Å². The number of aryl methyl sites for hydroxylation is 1. The second kappa shape index (κ2) is 10.7. The lowest BCUT2D eigenvalue weighted by atomic mass is 9.93. The van der Waals surface area contributed by atoms with Crippen LogP contribution < -0.4 is 5.32 Å². The SMILES string of the molecule is COC(=O)Nc1nc2ccc(C3(O)c4ccccc4C(=O)N3Cc3cccc(C)c3)cc2[nH]1.O=C(O)C(F)(F)F. The number of rotatable bonds is 4. The predicted molar refractivity (Wildman–Crippen MR) is 136 cm³/mol. The number of alkyl halides is 3. The first kappa shape index (κ1) is 28.1. The highest BCUT2D eigenvalue weighted by Crippen LogP contribution is 2.43. The first-order valence-corrected chi connectivity index (χ1v) is 11.7. The number of carbonyl (C=O) groups excluding carboxylic acids is 2. The molecule has 1 atom stereocenters. The Hall–Kier alpha value is -4.91. The molecule has 4 N–H and O–H groups in total. The van der Waals surface area contributed by atoms with E-state index in [0.29, 0.717) is 27.7 Å². The second-order valence-corrected chi connectivity index (χ2v) is 8.83. The van der Waals surface area contributed by atoms with Crippen molar-refractivity contribution in [1.29, 1.82) is 0 Å². The molecule has 208 valence electrons. The average molecular weight is 556 g/mol. The van der Waals surface area contributed by atoms with Crippen LogP contribution in [0.15, 0.2) is 66.7 Å². The molecule has 0 radical (unpaired) electrons. The van der Waals surface area contributed by atoms with Crippen LogP contribution in [0.1, 0.15) is 32.6 Å². The van der Waals surface area contributed by atoms with Gasteiger partial charge in [-0.25, -0.2) is 14.6 Å². The molecule has 2 amide bonds. The number of methoxy groups -OCH3 is 1. The van der Waals surface area contributed by atoms with Crippen LogP contribution in [0.4, 0.5) is 23.9 Å². The summed E-state index contributed by atoms with van der Waals surface area (Å²) in [5.74, 6) is -2.78. The van der Waals surface area contributed by atoms with E-state index in [-0.39, 0.29) is 18.4 Å². The number of aromatic amines is 1. The van der Waals surface area contributed by atoms with Crippen LogP contribution in [0.5, 0.6) is 0 Å². The van der Waals surface area contributed by atoms with Gasteiger partial charge >= 0.3 is 18.2 Å². The highest BCUT2D eigenvalue weighted by Gasteiger charge is 2.49. The van der Waals surface area contributed by atoms with Gasteiger partial charge in [-0.05, 0) is 30.7 Å². The quantitative estimate of drug-likeness (QED) is 0.289. The van der Waals surface area contributed by atoms with E-state index in [1.807, 2.05) is 31.2 Å². The summed E-state index contributed by atoms with van der Waals surface area (Å²) in [5.41, 5.74) is 3.00. The summed E-state index contributed by atoms with van der Waals surface area (Å²) in [5, 5.41) is 21.7. The highest BCUT2D eigenvalue weighted by molar-refractivity contribution is 6.00. The number of hydrogen-bond acceptors (Lipinski definition) is 6. The molecule has 10 nitrogen and oxygen atoms in total. The first-order valence-electron chi connectivity index (χ1n) is 11.7. The van der Waals surface area contributed by atoms with Gasteiger partial charge in [0.25, 0.3) is 5.91 Å². The molecule has 3 aromatic carbocycles. The molecular formula is C27H23F3N4O6. The monoisotopic (exact) mass is 556 g/mol. The summed E-state index contributed by atoms with van der Waals surface area (Å²) in [4.78, 5) is 42.6. The number of carbonyl (C=O) groups is 3. The van der Waals surface area contributed by atoms with Gasteiger partial charge in [0.1, 0.15) is 0 Å². The lowest BCUT2D eigenvalue weighted by molar-refractivity contribution is -0.192. The molecule has 0 fully saturated rings. The van der Waals surface area contributed by atoms with Crippen molar-refractivity contribution >= 4 is 35.0 Å². The van der Waals surface area contributed by atoms with Crippen LogP contribution in [0, 0.1) is 6.92 Å². The van der Waals surface area contributed by atoms with Gasteiger partial charge in [0.15, 0.2) is 5.72 Å². The standard InChI is InChI=1S/C25H22N4O4.C2HF3O2/c1-15-6-5-7-16(12-15)14-29-22(30)18-8-3-4-9-19(18)25(29,32)17-10-11-20-21(13-17)27-23(26-20)28-24(31)33-2;3-2(4,5)1(6)7/h3-13,32H,14H2,1-2H3,(H2,26,27,28,31);(H,6,7). The summed E-state index contributed by atoms with van der Waals surface area (Å²) in [7, 11) is 1.27. The number of aliphatic carboxylic acids is 1. The lowest BCUT2D eigenvalue weighted by Gasteiger charge is -2.35. The molecular weight excluding hydrogens is 533 g/mol. The minimum absolute atomic E-state index is 0.223. The molecule has 1 unspecified atom stereocenters. The molecule has 0 saturated heterocycles. The summed E-state index contributed by atoms with van der Waals surface area (Å²) >= 11 is 0. The predicted octanol–water partition coefficient (Wildman–Crippen LogP) is 4.53. The molecule has 1 aliphatic heterocycles. The topological polar surface area (TPSA) is 145 Å². The number of ether oxygens (including phenoxy) is 1. The number of aromatic nitrogens is 2. The Morgan fingerprint density at radius 1 is 1.10 bits per heavy atom. The van der Waals surface area contributed by atoms with Crippen LogP contribution in [-0.4, -0.2) is 56.3 Å². The molecule has 13 heteroatoms. The second-order valence-electron chi connectivity index (χ2n) is 8.83. The van der Waals surface area contributed by atoms with E-state index in [0.717, 1.165) is 11.1 Å². The Morgan fingerprint density at radius 3 is 2.45 bits per heavy atom. The van der Waals surface area contributed by atoms with Gasteiger partial charge < -0.3 is 19.9 Å². The van der Waals surface area contributed by atoms with Crippen molar-refractivity contribution in [3.63, 3.8) is 0 Å². The molecule has 5 rings (SSSR count). The third-order valence-electron chi connectivity index (χ3n) is 6.12. The van der Waals surface area contributed by atoms with Crippen molar-refractivity contribution in [3.05, 3.63) is 94.5 Å². The third-order valence-corrected chi connectivity index (χ3v) is 6.12. The van der Waals surface area contributed by atoms with Crippen molar-refractivity contribution in [2.75, 3.05) is 12.4 Å². The van der Waals surface area contributed by atoms with Crippen LogP contribution in [0.3, 0.4) is 0 Å². The number of anilines is 1. The normalized spacial score (nSPS) is 16.2. The number of halogens is 3. The Labute approximate surface area is 225 Å². The number of amides is 2. The largest absolute Gasteiger partial charge is 0.490 e. The highest BCUT2D eigenvalue weighted by atomic mass is 19.4. The van der Waals surface area contributed by atoms with Gasteiger partial charge in [0.05, 0.1) is 18.1 Å². The Bertz CT molecular complexity index is 1600. The van der Waals surface area contributed by atoms with E-state index in [1.165, 1.54) is 12.0 Å². The van der Waals surface area contributed by atoms with Crippen LogP contribution in [0.2, 0.25) is 0 Å². The Morgan fingerprint density at radius 2 is 1.80 bits per heavy atom. The maximum absolute atomic E-state index is 13.4. The molecule has 0 spiro atoms. The van der Waals surface area contributed by atoms with E-state index < -0.39 is 24.0 Å². The Balaban J connectivity index is 0.000000470. The smallest absolute Gasteiger partial charge is 0.475 e. The fraction of sp³-hybridized carbons (Fsp3) is 0.185. The molecule has 0 saturated carbocycles. The van der Waals surface area contributed by atoms with Gasteiger partial charge in [0.2, 0.25) is 5.95 Å². The molecule has 2 heterocycles. The number of benzene rings is 3. The van der Waals surface area contributed by atoms with Gasteiger partial charge in [-0.2, -0.15) is 13.2 Å². The number of imidazole rings is 1. The number of hydrogen-bond donors (Lipinski definition) is 4. The van der Waals surface area contributed by atoms with Crippen molar-refractivity contribution in [2.45, 2.75) is 25.4 Å². The maximum Gasteiger partial charge on any atom is 0.490 e.